The second-order valence-corrected chi connectivity index (χ2v) is 4.05. The van der Waals surface area contributed by atoms with Crippen LogP contribution >= 0.6 is 0 Å². The fourth-order valence-corrected chi connectivity index (χ4v) is 1.39. The minimum Gasteiger partial charge on any atom is -0.491 e. The van der Waals surface area contributed by atoms with E-state index in [-0.39, 0.29) is 12.2 Å². The van der Waals surface area contributed by atoms with Crippen LogP contribution in [0, 0.1) is 0 Å². The third-order valence-corrected chi connectivity index (χ3v) is 2.90. The smallest absolute Gasteiger partial charge is 0.335 e. The van der Waals surface area contributed by atoms with E-state index in [4.69, 9.17) is 9.84 Å². The maximum absolute atomic E-state index is 10.8. The van der Waals surface area contributed by atoms with Crippen molar-refractivity contribution in [1.29, 1.82) is 0 Å². The van der Waals surface area contributed by atoms with Gasteiger partial charge < -0.3 is 14.9 Å². The molecule has 0 aliphatic heterocycles. The summed E-state index contributed by atoms with van der Waals surface area (Å²) in [6.45, 7) is 3.95. The highest BCUT2D eigenvalue weighted by atomic mass is 16.5. The standard InChI is InChI=1S/C13H18O4/c1-3-13(16,4-2)9-17-11-7-5-6-10(8-11)12(14)15/h5-8,16H,3-4,9H2,1-2H3,(H,14,15). The molecule has 0 atom stereocenters. The predicted molar refractivity (Wildman–Crippen MR) is 64.4 cm³/mol. The fraction of sp³-hybridized carbons (Fsp3) is 0.462. The van der Waals surface area contributed by atoms with Crippen molar-refractivity contribution in [1.82, 2.24) is 0 Å². The quantitative estimate of drug-likeness (QED) is 0.798. The molecule has 4 heteroatoms. The molecule has 1 rings (SSSR count). The van der Waals surface area contributed by atoms with Crippen LogP contribution in [-0.4, -0.2) is 28.4 Å². The van der Waals surface area contributed by atoms with Crippen molar-refractivity contribution >= 4 is 5.97 Å². The average Bonchev–Trinajstić information content (AvgIpc) is 2.36. The van der Waals surface area contributed by atoms with Gasteiger partial charge in [-0.25, -0.2) is 4.79 Å². The van der Waals surface area contributed by atoms with E-state index in [1.54, 1.807) is 12.1 Å². The van der Waals surface area contributed by atoms with Gasteiger partial charge in [-0.2, -0.15) is 0 Å². The summed E-state index contributed by atoms with van der Waals surface area (Å²) in [5.41, 5.74) is -0.668. The topological polar surface area (TPSA) is 66.8 Å². The van der Waals surface area contributed by atoms with Crippen LogP contribution in [0.5, 0.6) is 5.75 Å². The van der Waals surface area contributed by atoms with Crippen LogP contribution in [-0.2, 0) is 0 Å². The molecule has 0 aromatic heterocycles. The summed E-state index contributed by atoms with van der Waals surface area (Å²) in [5.74, 6) is -0.526. The second kappa shape index (κ2) is 5.68. The molecule has 0 radical (unpaired) electrons. The molecule has 0 amide bonds. The molecule has 0 fully saturated rings. The number of hydrogen-bond donors (Lipinski definition) is 2. The van der Waals surface area contributed by atoms with E-state index in [1.807, 2.05) is 13.8 Å². The molecule has 1 aromatic carbocycles. The molecule has 0 heterocycles. The molecule has 0 saturated carbocycles. The van der Waals surface area contributed by atoms with Gasteiger partial charge in [0.2, 0.25) is 0 Å². The van der Waals surface area contributed by atoms with E-state index in [0.717, 1.165) is 0 Å². The van der Waals surface area contributed by atoms with Crippen molar-refractivity contribution in [2.75, 3.05) is 6.61 Å². The van der Waals surface area contributed by atoms with Crippen LogP contribution in [0.4, 0.5) is 0 Å². The first-order valence-electron chi connectivity index (χ1n) is 5.69. The number of aliphatic hydroxyl groups is 1. The Labute approximate surface area is 101 Å². The van der Waals surface area contributed by atoms with Crippen molar-refractivity contribution < 1.29 is 19.7 Å². The summed E-state index contributed by atoms with van der Waals surface area (Å²) in [7, 11) is 0. The van der Waals surface area contributed by atoms with Gasteiger partial charge in [0.1, 0.15) is 12.4 Å². The van der Waals surface area contributed by atoms with Gasteiger partial charge in [-0.3, -0.25) is 0 Å². The SMILES string of the molecule is CCC(O)(CC)COc1cccc(C(=O)O)c1. The molecule has 0 aliphatic rings. The van der Waals surface area contributed by atoms with Gasteiger partial charge in [-0.1, -0.05) is 19.9 Å². The summed E-state index contributed by atoms with van der Waals surface area (Å²) in [6.07, 6.45) is 1.20. The highest BCUT2D eigenvalue weighted by Crippen LogP contribution is 2.19. The Hall–Kier alpha value is -1.55. The lowest BCUT2D eigenvalue weighted by Gasteiger charge is -2.25. The van der Waals surface area contributed by atoms with Crippen molar-refractivity contribution in [3.63, 3.8) is 0 Å². The van der Waals surface area contributed by atoms with Crippen LogP contribution in [0.1, 0.15) is 37.0 Å². The van der Waals surface area contributed by atoms with Crippen LogP contribution in [0.25, 0.3) is 0 Å². The Morgan fingerprint density at radius 1 is 1.35 bits per heavy atom. The molecule has 0 bridgehead atoms. The molecule has 1 aromatic rings. The van der Waals surface area contributed by atoms with Gasteiger partial charge in [0, 0.05) is 0 Å². The van der Waals surface area contributed by atoms with Crippen molar-refractivity contribution in [2.24, 2.45) is 0 Å². The number of aromatic carboxylic acids is 1. The van der Waals surface area contributed by atoms with Crippen LogP contribution in [0.15, 0.2) is 24.3 Å². The predicted octanol–water partition coefficient (Wildman–Crippen LogP) is 2.31. The van der Waals surface area contributed by atoms with Crippen molar-refractivity contribution in [3.8, 4) is 5.75 Å². The van der Waals surface area contributed by atoms with E-state index in [9.17, 15) is 9.90 Å². The number of carbonyl (C=O) groups is 1. The third-order valence-electron chi connectivity index (χ3n) is 2.90. The normalized spacial score (nSPS) is 11.2. The first-order valence-corrected chi connectivity index (χ1v) is 5.69. The fourth-order valence-electron chi connectivity index (χ4n) is 1.39. The van der Waals surface area contributed by atoms with E-state index < -0.39 is 11.6 Å². The zero-order valence-electron chi connectivity index (χ0n) is 10.1. The number of rotatable bonds is 6. The second-order valence-electron chi connectivity index (χ2n) is 4.05. The summed E-state index contributed by atoms with van der Waals surface area (Å²) >= 11 is 0. The first kappa shape index (κ1) is 13.5. The Balaban J connectivity index is 2.69. The van der Waals surface area contributed by atoms with Gasteiger partial charge in [-0.05, 0) is 31.0 Å². The first-order chi connectivity index (χ1) is 8.00. The van der Waals surface area contributed by atoms with E-state index in [0.29, 0.717) is 18.6 Å². The highest BCUT2D eigenvalue weighted by molar-refractivity contribution is 5.87. The number of carboxylic acid groups (broad SMARTS) is 1. The molecule has 0 aliphatic carbocycles. The van der Waals surface area contributed by atoms with Crippen LogP contribution < -0.4 is 4.74 Å². The Bertz CT molecular complexity index is 383. The largest absolute Gasteiger partial charge is 0.491 e. The number of carboxylic acids is 1. The molecule has 94 valence electrons. The van der Waals surface area contributed by atoms with Gasteiger partial charge in [0.05, 0.1) is 11.2 Å². The summed E-state index contributed by atoms with van der Waals surface area (Å²) in [5, 5.41) is 18.9. The minimum absolute atomic E-state index is 0.170. The Kier molecular flexibility index (Phi) is 4.52. The van der Waals surface area contributed by atoms with Gasteiger partial charge in [-0.15, -0.1) is 0 Å². The zero-order chi connectivity index (χ0) is 12.9. The van der Waals surface area contributed by atoms with Gasteiger partial charge in [0.15, 0.2) is 0 Å². The maximum Gasteiger partial charge on any atom is 0.335 e. The minimum atomic E-state index is -0.989. The van der Waals surface area contributed by atoms with E-state index in [1.165, 1.54) is 12.1 Å². The molecular formula is C13H18O4. The Morgan fingerprint density at radius 2 is 2.00 bits per heavy atom. The van der Waals surface area contributed by atoms with Crippen LogP contribution in [0.2, 0.25) is 0 Å². The summed E-state index contributed by atoms with van der Waals surface area (Å²) in [6, 6.07) is 6.25. The third kappa shape index (κ3) is 3.75. The lowest BCUT2D eigenvalue weighted by molar-refractivity contribution is -0.0113. The number of hydrogen-bond acceptors (Lipinski definition) is 3. The monoisotopic (exact) mass is 238 g/mol. The zero-order valence-corrected chi connectivity index (χ0v) is 10.1. The molecule has 17 heavy (non-hydrogen) atoms. The van der Waals surface area contributed by atoms with Gasteiger partial charge in [0.25, 0.3) is 0 Å². The molecule has 2 N–H and O–H groups in total. The van der Waals surface area contributed by atoms with E-state index >= 15 is 0 Å². The number of benzene rings is 1. The average molecular weight is 238 g/mol. The van der Waals surface area contributed by atoms with Crippen molar-refractivity contribution in [2.45, 2.75) is 32.3 Å². The highest BCUT2D eigenvalue weighted by Gasteiger charge is 2.23. The lowest BCUT2D eigenvalue weighted by atomic mass is 9.99. The summed E-state index contributed by atoms with van der Waals surface area (Å²) < 4.78 is 5.43. The molecule has 0 saturated heterocycles. The summed E-state index contributed by atoms with van der Waals surface area (Å²) in [4.78, 5) is 10.8. The van der Waals surface area contributed by atoms with Crippen LogP contribution in [0.3, 0.4) is 0 Å². The molecule has 0 unspecified atom stereocenters. The maximum atomic E-state index is 10.8. The lowest BCUT2D eigenvalue weighted by Crippen LogP contribution is -2.34. The number of ether oxygens (including phenoxy) is 1. The Morgan fingerprint density at radius 3 is 2.53 bits per heavy atom. The molecule has 4 nitrogen and oxygen atoms in total. The molecule has 0 spiro atoms. The van der Waals surface area contributed by atoms with Crippen molar-refractivity contribution in [3.05, 3.63) is 29.8 Å². The molecular weight excluding hydrogens is 220 g/mol. The van der Waals surface area contributed by atoms with E-state index in [2.05, 4.69) is 0 Å². The van der Waals surface area contributed by atoms with Gasteiger partial charge >= 0.3 is 5.97 Å².